The van der Waals surface area contributed by atoms with Crippen molar-refractivity contribution in [3.63, 3.8) is 0 Å². The van der Waals surface area contributed by atoms with Gasteiger partial charge in [0.1, 0.15) is 0 Å². The molecular formula is C5H10N2O4. The van der Waals surface area contributed by atoms with Crippen LogP contribution in [-0.4, -0.2) is 47.3 Å². The van der Waals surface area contributed by atoms with Gasteiger partial charge < -0.3 is 14.9 Å². The maximum Gasteiger partial charge on any atom is 0.300 e. The fourth-order valence-corrected chi connectivity index (χ4v) is 0.901. The summed E-state index contributed by atoms with van der Waals surface area (Å²) in [6.45, 7) is 0. The number of nitrogens with one attached hydrogen (secondary N) is 1. The molecule has 0 aromatic heterocycles. The minimum Gasteiger partial charge on any atom is -0.359 e. The van der Waals surface area contributed by atoms with Crippen LogP contribution in [0, 0.1) is 0 Å². The first-order chi connectivity index (χ1) is 5.00. The van der Waals surface area contributed by atoms with Gasteiger partial charge in [-0.15, -0.1) is 0 Å². The van der Waals surface area contributed by atoms with Crippen molar-refractivity contribution in [3.05, 3.63) is 0 Å². The first-order valence-corrected chi connectivity index (χ1v) is 3.02. The molecule has 0 aromatic carbocycles. The van der Waals surface area contributed by atoms with Crippen LogP contribution >= 0.6 is 0 Å². The van der Waals surface area contributed by atoms with E-state index in [0.29, 0.717) is 0 Å². The topological polar surface area (TPSA) is 82.0 Å². The molecule has 0 radical (unpaired) electrons. The number of aliphatic hydroxyl groups is 2. The van der Waals surface area contributed by atoms with Crippen LogP contribution in [0.1, 0.15) is 0 Å². The van der Waals surface area contributed by atoms with Gasteiger partial charge in [-0.05, 0) is 0 Å². The second-order valence-corrected chi connectivity index (χ2v) is 2.34. The maximum atomic E-state index is 10.9. The number of hydrogen-bond donors (Lipinski definition) is 3. The van der Waals surface area contributed by atoms with Crippen molar-refractivity contribution in [1.29, 1.82) is 0 Å². The molecule has 1 rings (SSSR count). The molecule has 0 aromatic rings. The molecule has 1 aliphatic rings. The highest BCUT2D eigenvalue weighted by Gasteiger charge is 2.51. The van der Waals surface area contributed by atoms with Crippen LogP contribution in [0.2, 0.25) is 0 Å². The molecule has 1 aliphatic heterocycles. The Morgan fingerprint density at radius 1 is 1.73 bits per heavy atom. The number of hydrogen-bond acceptors (Lipinski definition) is 5. The van der Waals surface area contributed by atoms with Crippen molar-refractivity contribution < 1.29 is 19.7 Å². The summed E-state index contributed by atoms with van der Waals surface area (Å²) in [4.78, 5) is 10.9. The van der Waals surface area contributed by atoms with Crippen LogP contribution in [-0.2, 0) is 9.53 Å². The molecule has 1 unspecified atom stereocenters. The average molecular weight is 162 g/mol. The summed E-state index contributed by atoms with van der Waals surface area (Å²) < 4.78 is 4.59. The van der Waals surface area contributed by atoms with Gasteiger partial charge in [0.2, 0.25) is 0 Å². The molecule has 0 spiro atoms. The third-order valence-corrected chi connectivity index (χ3v) is 1.53. The lowest BCUT2D eigenvalue weighted by molar-refractivity contribution is -0.215. The average Bonchev–Trinajstić information content (AvgIpc) is 2.13. The lowest BCUT2D eigenvalue weighted by atomic mass is 10.2. The number of methoxy groups -OCH3 is 1. The van der Waals surface area contributed by atoms with Crippen LogP contribution in [0.15, 0.2) is 0 Å². The van der Waals surface area contributed by atoms with Crippen LogP contribution in [0.4, 0.5) is 0 Å². The van der Waals surface area contributed by atoms with Crippen molar-refractivity contribution in [1.82, 2.24) is 10.4 Å². The highest BCUT2D eigenvalue weighted by Crippen LogP contribution is 2.16. The van der Waals surface area contributed by atoms with Gasteiger partial charge in [0.25, 0.3) is 5.79 Å². The van der Waals surface area contributed by atoms with Crippen LogP contribution in [0.3, 0.4) is 0 Å². The molecule has 1 heterocycles. The predicted octanol–water partition coefficient (Wildman–Crippen LogP) is -2.38. The van der Waals surface area contributed by atoms with Gasteiger partial charge >= 0.3 is 5.91 Å². The Labute approximate surface area is 63.3 Å². The molecule has 1 atom stereocenters. The third-order valence-electron chi connectivity index (χ3n) is 1.53. The van der Waals surface area contributed by atoms with E-state index in [-0.39, 0.29) is 0 Å². The third kappa shape index (κ3) is 1.10. The highest BCUT2D eigenvalue weighted by atomic mass is 16.6. The van der Waals surface area contributed by atoms with E-state index in [9.17, 15) is 4.79 Å². The summed E-state index contributed by atoms with van der Waals surface area (Å²) in [6.07, 6.45) is -1.10. The molecule has 64 valence electrons. The Hall–Kier alpha value is -0.690. The standard InChI is InChI=1S/C5H10N2O4/c1-7-4(8)5(9,10)3(6-7)11-2/h3,6,9-10H,1-2H3. The summed E-state index contributed by atoms with van der Waals surface area (Å²) in [5.74, 6) is -3.28. The molecule has 11 heavy (non-hydrogen) atoms. The van der Waals surface area contributed by atoms with E-state index in [1.165, 1.54) is 14.2 Å². The van der Waals surface area contributed by atoms with Gasteiger partial charge in [0, 0.05) is 14.2 Å². The van der Waals surface area contributed by atoms with Gasteiger partial charge in [-0.2, -0.15) is 5.43 Å². The summed E-state index contributed by atoms with van der Waals surface area (Å²) in [6, 6.07) is 0. The lowest BCUT2D eigenvalue weighted by Crippen LogP contribution is -2.47. The van der Waals surface area contributed by atoms with E-state index in [2.05, 4.69) is 10.2 Å². The summed E-state index contributed by atoms with van der Waals surface area (Å²) in [7, 11) is 2.65. The molecule has 0 bridgehead atoms. The minimum absolute atomic E-state index is 0.829. The van der Waals surface area contributed by atoms with Gasteiger partial charge in [-0.25, -0.2) is 0 Å². The van der Waals surface area contributed by atoms with E-state index >= 15 is 0 Å². The van der Waals surface area contributed by atoms with Gasteiger partial charge in [-0.1, -0.05) is 0 Å². The zero-order valence-corrected chi connectivity index (χ0v) is 6.24. The first kappa shape index (κ1) is 8.41. The number of amides is 1. The smallest absolute Gasteiger partial charge is 0.300 e. The number of carbonyl (C=O) groups is 1. The Balaban J connectivity index is 2.82. The molecule has 6 heteroatoms. The highest BCUT2D eigenvalue weighted by molar-refractivity contribution is 5.85. The minimum atomic E-state index is -2.45. The molecule has 1 amide bonds. The second-order valence-electron chi connectivity index (χ2n) is 2.34. The fourth-order valence-electron chi connectivity index (χ4n) is 0.901. The first-order valence-electron chi connectivity index (χ1n) is 3.02. The normalized spacial score (nSPS) is 29.6. The van der Waals surface area contributed by atoms with Crippen LogP contribution in [0.5, 0.6) is 0 Å². The Bertz CT molecular complexity index is 181. The molecule has 0 aliphatic carbocycles. The Morgan fingerprint density at radius 2 is 2.27 bits per heavy atom. The molecule has 1 saturated heterocycles. The monoisotopic (exact) mass is 162 g/mol. The largest absolute Gasteiger partial charge is 0.359 e. The van der Waals surface area contributed by atoms with E-state index in [1.54, 1.807) is 0 Å². The van der Waals surface area contributed by atoms with E-state index < -0.39 is 17.9 Å². The number of likely N-dealkylation sites (N-methyl/N-ethyl adjacent to an activating group) is 1. The summed E-state index contributed by atoms with van der Waals surface area (Å²) in [5.41, 5.74) is 2.41. The van der Waals surface area contributed by atoms with Crippen molar-refractivity contribution >= 4 is 5.91 Å². The quantitative estimate of drug-likeness (QED) is 0.375. The SMILES string of the molecule is COC1NN(C)C(=O)C1(O)O. The van der Waals surface area contributed by atoms with Gasteiger partial charge in [0.15, 0.2) is 6.23 Å². The number of hydrazine groups is 1. The molecule has 1 fully saturated rings. The summed E-state index contributed by atoms with van der Waals surface area (Å²) in [5, 5.41) is 19.1. The van der Waals surface area contributed by atoms with Crippen molar-refractivity contribution in [2.24, 2.45) is 0 Å². The number of rotatable bonds is 1. The number of carbonyl (C=O) groups excluding carboxylic acids is 1. The van der Waals surface area contributed by atoms with Gasteiger partial charge in [0.05, 0.1) is 0 Å². The Morgan fingerprint density at radius 3 is 2.45 bits per heavy atom. The summed E-state index contributed by atoms with van der Waals surface area (Å²) >= 11 is 0. The molecular weight excluding hydrogens is 152 g/mol. The fraction of sp³-hybridized carbons (Fsp3) is 0.800. The maximum absolute atomic E-state index is 10.9. The zero-order chi connectivity index (χ0) is 8.65. The number of nitrogens with zero attached hydrogens (tertiary/aromatic N) is 1. The van der Waals surface area contributed by atoms with E-state index in [1.807, 2.05) is 0 Å². The zero-order valence-electron chi connectivity index (χ0n) is 6.24. The van der Waals surface area contributed by atoms with Crippen LogP contribution < -0.4 is 5.43 Å². The van der Waals surface area contributed by atoms with E-state index in [4.69, 9.17) is 10.2 Å². The van der Waals surface area contributed by atoms with Crippen LogP contribution in [0.25, 0.3) is 0 Å². The van der Waals surface area contributed by atoms with E-state index in [0.717, 1.165) is 5.01 Å². The van der Waals surface area contributed by atoms with Crippen molar-refractivity contribution in [2.45, 2.75) is 12.0 Å². The van der Waals surface area contributed by atoms with Crippen molar-refractivity contribution in [3.8, 4) is 0 Å². The van der Waals surface area contributed by atoms with Gasteiger partial charge in [-0.3, -0.25) is 9.80 Å². The van der Waals surface area contributed by atoms with Crippen molar-refractivity contribution in [2.75, 3.05) is 14.2 Å². The lowest BCUT2D eigenvalue weighted by Gasteiger charge is -2.17. The number of ether oxygens (including phenoxy) is 1. The predicted molar refractivity (Wildman–Crippen MR) is 33.9 cm³/mol. The molecule has 6 nitrogen and oxygen atoms in total. The Kier molecular flexibility index (Phi) is 1.85. The molecule has 3 N–H and O–H groups in total. The second kappa shape index (κ2) is 2.42. The molecule has 0 saturated carbocycles.